The first-order valence-corrected chi connectivity index (χ1v) is 49.1. The number of non-ortho nitro benzene ring substituents is 4. The zero-order chi connectivity index (χ0) is 114. The van der Waals surface area contributed by atoms with Crippen molar-refractivity contribution in [1.29, 1.82) is 5.26 Å². The molecule has 0 aromatic heterocycles. The number of esters is 2. The number of hydrogen-bond donors (Lipinski definition) is 17. The van der Waals surface area contributed by atoms with Gasteiger partial charge in [0.25, 0.3) is 32.9 Å². The molecule has 6 rings (SSSR count). The molecule has 0 unspecified atom stereocenters. The number of carbonyl (C=O) groups is 14. The minimum absolute atomic E-state index is 0.00479. The van der Waals surface area contributed by atoms with Crippen LogP contribution in [-0.4, -0.2) is 257 Å². The fraction of sp³-hybridized carbons (Fsp3) is 0.452. The number of nitro groups is 4. The second-order valence-corrected chi connectivity index (χ2v) is 36.1. The van der Waals surface area contributed by atoms with E-state index in [9.17, 15) is 126 Å². The van der Waals surface area contributed by atoms with Crippen LogP contribution in [0.3, 0.4) is 0 Å². The van der Waals surface area contributed by atoms with Crippen molar-refractivity contribution >= 4 is 164 Å². The van der Waals surface area contributed by atoms with Crippen LogP contribution in [0.2, 0.25) is 13.6 Å². The third kappa shape index (κ3) is 58.5. The number of nitrogens with two attached hydrogens (primary N) is 2. The third-order valence-electron chi connectivity index (χ3n) is 18.9. The number of carboxylic acids is 2. The molecule has 9 amide bonds. The number of carbonyl (C=O) groups excluding carboxylic acids is 12. The van der Waals surface area contributed by atoms with E-state index in [4.69, 9.17) is 50.7 Å². The minimum Gasteiger partial charge on any atom is -0.480 e. The molecule has 0 spiro atoms. The van der Waals surface area contributed by atoms with Gasteiger partial charge in [0.2, 0.25) is 35.4 Å². The topological polar surface area (TPSA) is 797 Å². The molecule has 4 atom stereocenters. The van der Waals surface area contributed by atoms with Crippen LogP contribution in [-0.2, 0) is 145 Å². The van der Waals surface area contributed by atoms with Gasteiger partial charge in [0, 0.05) is 99.5 Å². The molecule has 51 nitrogen and oxygen atoms in total. The molecule has 6 aromatic rings. The summed E-state index contributed by atoms with van der Waals surface area (Å²) in [5.41, 5.74) is 15.1. The van der Waals surface area contributed by atoms with Crippen LogP contribution in [0.5, 0.6) is 0 Å². The number of ether oxygens (including phenoxy) is 4. The summed E-state index contributed by atoms with van der Waals surface area (Å²) < 4.78 is 46.6. The van der Waals surface area contributed by atoms with Gasteiger partial charge in [0.05, 0.1) is 116 Å². The summed E-state index contributed by atoms with van der Waals surface area (Å²) in [5.74, 6) is -7.43. The number of amides is 9. The molecule has 19 N–H and O–H groups in total. The molecule has 0 aliphatic heterocycles. The Balaban J connectivity index is 0. The number of halogens is 1. The number of primary amides is 1. The first-order valence-electron chi connectivity index (χ1n) is 45.2. The Labute approximate surface area is 874 Å². The fourth-order valence-corrected chi connectivity index (χ4v) is 13.1. The SMILES string of the molecule is CC(=O)SCc1cc(NC(=O)C(=O)O)ccc1CCNC(=O)[C@H](CO)NC(=O)CCNC(=O)CBr.CC[C@H](NB(C)O)C(=O)O.CC[C@H](NC(=O)OC(C)(C)C)C(=O)NCCc1ccc([N+](=O)[O-])cc1CO.CC[C@H](NC(=O)OC(C)(C)C)C(=O)NCCc1ccc([N+](=O)[O-])cc1COS(C)(=O)=O.COC(=O)c1cc([N+](=O)[O-])ccc1CC(N)=O.COC(=O)c1ccccc1CC#N.NCCc1ccc([N+](=O)[O-])cc1CO.[B]C. The van der Waals surface area contributed by atoms with Gasteiger partial charge in [-0.3, -0.25) is 87.8 Å². The molecule has 149 heavy (non-hydrogen) atoms. The Morgan fingerprint density at radius 3 is 1.32 bits per heavy atom. The number of anilines is 1. The van der Waals surface area contributed by atoms with Crippen molar-refractivity contribution in [3.63, 3.8) is 0 Å². The number of carboxylic acid groups (broad SMARTS) is 2. The molecule has 0 heterocycles. The molecule has 0 saturated heterocycles. The molecular weight excluding hydrogens is 2070 g/mol. The number of methoxy groups -OCH3 is 2. The number of alkyl carbamates (subject to hydrolysis) is 2. The highest BCUT2D eigenvalue weighted by Crippen LogP contribution is 2.26. The minimum atomic E-state index is -3.74. The van der Waals surface area contributed by atoms with E-state index in [1.807, 2.05) is 6.07 Å². The zero-order valence-electron chi connectivity index (χ0n) is 84.9. The van der Waals surface area contributed by atoms with E-state index in [-0.39, 0.29) is 134 Å². The lowest BCUT2D eigenvalue weighted by Gasteiger charge is -2.22. The summed E-state index contributed by atoms with van der Waals surface area (Å²) in [4.78, 5) is 201. The maximum Gasteiger partial charge on any atom is 0.408 e. The Morgan fingerprint density at radius 2 is 0.953 bits per heavy atom. The number of aliphatic hydroxyl groups excluding tert-OH is 3. The third-order valence-corrected chi connectivity index (χ3v) is 20.8. The smallest absolute Gasteiger partial charge is 0.408 e. The number of nitrogens with one attached hydrogen (secondary N) is 9. The van der Waals surface area contributed by atoms with E-state index in [1.54, 1.807) is 111 Å². The van der Waals surface area contributed by atoms with Crippen molar-refractivity contribution < 1.29 is 149 Å². The number of hydrogen-bond acceptors (Lipinski definition) is 37. The zero-order valence-corrected chi connectivity index (χ0v) is 88.1. The maximum atomic E-state index is 12.4. The van der Waals surface area contributed by atoms with Gasteiger partial charge in [0.15, 0.2) is 5.12 Å². The van der Waals surface area contributed by atoms with Gasteiger partial charge in [0.1, 0.15) is 29.3 Å². The van der Waals surface area contributed by atoms with Gasteiger partial charge < -0.3 is 109 Å². The van der Waals surface area contributed by atoms with Gasteiger partial charge >= 0.3 is 49.0 Å². The lowest BCUT2D eigenvalue weighted by atomic mass is 9.87. The monoisotopic (exact) mass is 2190 g/mol. The van der Waals surface area contributed by atoms with Gasteiger partial charge in [-0.2, -0.15) is 13.7 Å². The van der Waals surface area contributed by atoms with Crippen LogP contribution >= 0.6 is 27.7 Å². The number of nitro benzene ring substituents is 4. The number of nitriles is 1. The number of nitrogens with zero attached hydrogens (tertiary/aromatic N) is 5. The van der Waals surface area contributed by atoms with Crippen LogP contribution < -0.4 is 59.2 Å². The first-order chi connectivity index (χ1) is 69.8. The van der Waals surface area contributed by atoms with Gasteiger partial charge in [-0.1, -0.05) is 104 Å². The second-order valence-electron chi connectivity index (χ2n) is 32.7. The van der Waals surface area contributed by atoms with Gasteiger partial charge in [-0.15, -0.1) is 0 Å². The van der Waals surface area contributed by atoms with E-state index in [1.165, 1.54) is 88.3 Å². The lowest BCUT2D eigenvalue weighted by Crippen LogP contribution is -2.49. The summed E-state index contributed by atoms with van der Waals surface area (Å²) in [6.45, 7) is 19.6. The van der Waals surface area contributed by atoms with Crippen molar-refractivity contribution in [3.05, 3.63) is 222 Å². The number of rotatable bonds is 45. The molecule has 2 radical (unpaired) electrons. The average molecular weight is 2200 g/mol. The number of aliphatic hydroxyl groups is 3. The number of thioether (sulfide) groups is 1. The fourth-order valence-electron chi connectivity index (χ4n) is 11.9. The Hall–Kier alpha value is -14.6. The largest absolute Gasteiger partial charge is 0.480 e. The molecule has 0 saturated carbocycles. The quantitative estimate of drug-likeness (QED) is 0.00309. The van der Waals surface area contributed by atoms with Crippen LogP contribution in [0, 0.1) is 51.8 Å². The van der Waals surface area contributed by atoms with Crippen molar-refractivity contribution in [3.8, 4) is 6.07 Å². The van der Waals surface area contributed by atoms with Crippen molar-refractivity contribution in [2.24, 2.45) is 11.5 Å². The highest BCUT2D eigenvalue weighted by atomic mass is 79.9. The summed E-state index contributed by atoms with van der Waals surface area (Å²) >= 11 is 4.01. The van der Waals surface area contributed by atoms with E-state index >= 15 is 0 Å². The average Bonchev–Trinajstić information content (AvgIpc) is 0.690. The van der Waals surface area contributed by atoms with E-state index in [0.717, 1.165) is 42.3 Å². The molecule has 0 aliphatic carbocycles. The highest BCUT2D eigenvalue weighted by Gasteiger charge is 2.29. The molecule has 6 aromatic carbocycles. The number of aliphatic carboxylic acids is 2. The lowest BCUT2D eigenvalue weighted by molar-refractivity contribution is -0.385. The van der Waals surface area contributed by atoms with Crippen LogP contribution in [0.4, 0.5) is 38.0 Å². The molecule has 816 valence electrons. The van der Waals surface area contributed by atoms with E-state index in [2.05, 4.69) is 81.0 Å². The van der Waals surface area contributed by atoms with Crippen LogP contribution in [0.15, 0.2) is 115 Å². The Morgan fingerprint density at radius 1 is 0.544 bits per heavy atom. The Bertz CT molecular complexity index is 5660. The van der Waals surface area contributed by atoms with Gasteiger partial charge in [-0.25, -0.2) is 24.0 Å². The summed E-state index contributed by atoms with van der Waals surface area (Å²) in [6, 6.07) is 26.6. The molecule has 0 aliphatic rings. The van der Waals surface area contributed by atoms with Crippen molar-refractivity contribution in [1.82, 2.24) is 42.4 Å². The maximum absolute atomic E-state index is 12.4. The first kappa shape index (κ1) is 136. The summed E-state index contributed by atoms with van der Waals surface area (Å²) in [5, 5.41) is 128. The summed E-state index contributed by atoms with van der Waals surface area (Å²) in [6.07, 6.45) is 2.32. The standard InChI is InChI=1S/C21H27BrN4O8S.C19H29N3O8S.C18H27N3O6.C10H10N2O5.C10H9NO2.C9H12N2O3.C5H12BNO3.CH3B/c1-12(28)35-11-14-8-15(25-20(32)21(33)34)3-2-13(14)4-6-24-19(31)16(10-27)26-17(29)5-7-23-18(30)9-22;1-6-16(21-18(24)30-19(2,3)4)17(23)20-10-9-13-7-8-15(22(25)26)11-14(13)12-29-31(5,27)28;1-5-15(20-17(24)27-18(2,3)4)16(23)19-9-8-12-6-7-14(21(25)26)10-13(12)11-22;1-17-10(14)8-5-7(12(15)16)3-2-6(8)4-9(11)13;1-13-10(12)9-5-3-2-4-8(9)6-7-11;10-4-3-7-1-2-9(11(13)14)5-8(7)6-12;1-3-4(5(8)9)7-6(2)10;1-2/h2-3,8,16,27H,4-7,9-11H2,1H3,(H,23,30)(H,24,31)(H,25,32)(H,26,29)(H,33,34);7-8,11,16H,6,9-10,12H2,1-5H3,(H,20,23)(H,21,24);6-7,10,15,22H,5,8-9,11H2,1-4H3,(H,19,23)(H,20,24);2-3,5H,4H2,1H3,(H2,11,13);2-5H,6H2,1H3;1-2,5,12H,3-4,6,10H2;4,7,10H,3H2,1-2H3,(H,8,9);1H3/t2*16-;15-;;;;4-;/m000...0./s1. The molecule has 0 bridgehead atoms. The predicted molar refractivity (Wildman–Crippen MR) is 550 cm³/mol. The van der Waals surface area contributed by atoms with E-state index in [0.29, 0.717) is 95.1 Å². The molecule has 0 fully saturated rings. The molecular formula is C93H129B2BrN16O35S2. The number of benzene rings is 6. The van der Waals surface area contributed by atoms with Crippen LogP contribution in [0.1, 0.15) is 171 Å². The second kappa shape index (κ2) is 72.7. The highest BCUT2D eigenvalue weighted by molar-refractivity contribution is 9.09. The molecule has 56 heteroatoms. The van der Waals surface area contributed by atoms with Crippen molar-refractivity contribution in [2.45, 2.75) is 208 Å². The van der Waals surface area contributed by atoms with E-state index < -0.39 is 144 Å². The Kier molecular flexibility index (Phi) is 66.6. The van der Waals surface area contributed by atoms with Crippen molar-refractivity contribution in [2.75, 3.05) is 70.5 Å². The summed E-state index contributed by atoms with van der Waals surface area (Å²) in [7, 11) is 2.47. The predicted octanol–water partition coefficient (Wildman–Crippen LogP) is 5.90. The van der Waals surface area contributed by atoms with Gasteiger partial charge in [-0.05, 0) is 174 Å². The van der Waals surface area contributed by atoms with Crippen LogP contribution in [0.25, 0.3) is 0 Å². The number of alkyl halides is 1. The normalized spacial score (nSPS) is 11.2.